The van der Waals surface area contributed by atoms with Crippen LogP contribution in [0, 0.1) is 0 Å². The van der Waals surface area contributed by atoms with Gasteiger partial charge in [-0.15, -0.1) is 0 Å². The SMILES string of the molecule is CN1NCc2ccc(Cl)cc21. The molecular formula is C8H9ClN2. The van der Waals surface area contributed by atoms with Gasteiger partial charge >= 0.3 is 0 Å². The molecule has 1 aromatic rings. The quantitative estimate of drug-likeness (QED) is 0.636. The molecule has 2 nitrogen and oxygen atoms in total. The molecule has 1 aliphatic rings. The van der Waals surface area contributed by atoms with Crippen molar-refractivity contribution in [1.29, 1.82) is 0 Å². The molecule has 1 aromatic carbocycles. The van der Waals surface area contributed by atoms with E-state index in [4.69, 9.17) is 11.6 Å². The van der Waals surface area contributed by atoms with Crippen molar-refractivity contribution in [2.45, 2.75) is 6.54 Å². The molecule has 0 radical (unpaired) electrons. The Labute approximate surface area is 70.7 Å². The molecule has 1 N–H and O–H groups in total. The lowest BCUT2D eigenvalue weighted by molar-refractivity contribution is 0.734. The minimum Gasteiger partial charge on any atom is -0.311 e. The summed E-state index contributed by atoms with van der Waals surface area (Å²) in [6.07, 6.45) is 0. The van der Waals surface area contributed by atoms with Gasteiger partial charge in [-0.25, -0.2) is 5.43 Å². The molecule has 1 aliphatic heterocycles. The number of hydrogen-bond donors (Lipinski definition) is 1. The second-order valence-corrected chi connectivity index (χ2v) is 3.10. The summed E-state index contributed by atoms with van der Waals surface area (Å²) in [4.78, 5) is 0. The monoisotopic (exact) mass is 168 g/mol. The van der Waals surface area contributed by atoms with Crippen LogP contribution in [0.4, 0.5) is 5.69 Å². The molecule has 0 saturated carbocycles. The molecule has 1 heterocycles. The molecule has 0 aliphatic carbocycles. The summed E-state index contributed by atoms with van der Waals surface area (Å²) < 4.78 is 0. The van der Waals surface area contributed by atoms with Crippen LogP contribution in [0.1, 0.15) is 5.56 Å². The van der Waals surface area contributed by atoms with Crippen molar-refractivity contribution >= 4 is 17.3 Å². The highest BCUT2D eigenvalue weighted by Gasteiger charge is 2.14. The fourth-order valence-corrected chi connectivity index (χ4v) is 1.45. The van der Waals surface area contributed by atoms with Gasteiger partial charge in [-0.1, -0.05) is 17.7 Å². The Bertz CT molecular complexity index is 285. The van der Waals surface area contributed by atoms with Gasteiger partial charge in [0.2, 0.25) is 0 Å². The van der Waals surface area contributed by atoms with E-state index < -0.39 is 0 Å². The molecule has 3 heteroatoms. The van der Waals surface area contributed by atoms with E-state index in [-0.39, 0.29) is 0 Å². The molecule has 2 rings (SSSR count). The van der Waals surface area contributed by atoms with E-state index in [9.17, 15) is 0 Å². The third-order valence-electron chi connectivity index (χ3n) is 1.92. The van der Waals surface area contributed by atoms with Gasteiger partial charge in [0.1, 0.15) is 0 Å². The summed E-state index contributed by atoms with van der Waals surface area (Å²) in [5.74, 6) is 0. The molecule has 0 spiro atoms. The number of nitrogens with zero attached hydrogens (tertiary/aromatic N) is 1. The van der Waals surface area contributed by atoms with E-state index in [1.54, 1.807) is 0 Å². The number of nitrogens with one attached hydrogen (secondary N) is 1. The van der Waals surface area contributed by atoms with Gasteiger partial charge in [0.25, 0.3) is 0 Å². The van der Waals surface area contributed by atoms with Gasteiger partial charge in [-0.3, -0.25) is 0 Å². The molecule has 0 fully saturated rings. The summed E-state index contributed by atoms with van der Waals surface area (Å²) >= 11 is 5.83. The van der Waals surface area contributed by atoms with E-state index >= 15 is 0 Å². The zero-order valence-electron chi connectivity index (χ0n) is 6.26. The van der Waals surface area contributed by atoms with Crippen LogP contribution in [0.2, 0.25) is 5.02 Å². The zero-order chi connectivity index (χ0) is 7.84. The van der Waals surface area contributed by atoms with Crippen molar-refractivity contribution in [1.82, 2.24) is 5.43 Å². The fourth-order valence-electron chi connectivity index (χ4n) is 1.29. The van der Waals surface area contributed by atoms with E-state index in [1.165, 1.54) is 11.3 Å². The van der Waals surface area contributed by atoms with Crippen molar-refractivity contribution in [3.05, 3.63) is 28.8 Å². The zero-order valence-corrected chi connectivity index (χ0v) is 7.02. The molecule has 11 heavy (non-hydrogen) atoms. The second kappa shape index (κ2) is 2.40. The van der Waals surface area contributed by atoms with Crippen molar-refractivity contribution in [2.24, 2.45) is 0 Å². The first-order valence-electron chi connectivity index (χ1n) is 3.53. The first kappa shape index (κ1) is 6.95. The summed E-state index contributed by atoms with van der Waals surface area (Å²) in [5, 5.41) is 2.78. The van der Waals surface area contributed by atoms with Crippen LogP contribution in [-0.4, -0.2) is 7.05 Å². The topological polar surface area (TPSA) is 15.3 Å². The third-order valence-corrected chi connectivity index (χ3v) is 2.15. The van der Waals surface area contributed by atoms with Gasteiger partial charge in [0, 0.05) is 18.6 Å². The standard InChI is InChI=1S/C8H9ClN2/c1-11-8-4-7(9)3-2-6(8)5-10-11/h2-4,10H,5H2,1H3. The highest BCUT2D eigenvalue weighted by Crippen LogP contribution is 2.26. The van der Waals surface area contributed by atoms with Crippen LogP contribution < -0.4 is 10.4 Å². The van der Waals surface area contributed by atoms with E-state index in [2.05, 4.69) is 5.43 Å². The second-order valence-electron chi connectivity index (χ2n) is 2.67. The van der Waals surface area contributed by atoms with Crippen LogP contribution in [0.15, 0.2) is 18.2 Å². The lowest BCUT2D eigenvalue weighted by Crippen LogP contribution is -2.26. The van der Waals surface area contributed by atoms with Crippen molar-refractivity contribution in [3.8, 4) is 0 Å². The van der Waals surface area contributed by atoms with Crippen LogP contribution in [0.3, 0.4) is 0 Å². The maximum Gasteiger partial charge on any atom is 0.0576 e. The number of rotatable bonds is 0. The minimum absolute atomic E-state index is 0.791. The first-order valence-corrected chi connectivity index (χ1v) is 3.91. The van der Waals surface area contributed by atoms with Gasteiger partial charge in [-0.2, -0.15) is 0 Å². The predicted molar refractivity (Wildman–Crippen MR) is 46.7 cm³/mol. The number of benzene rings is 1. The van der Waals surface area contributed by atoms with Gasteiger partial charge in [0.15, 0.2) is 0 Å². The Morgan fingerprint density at radius 3 is 3.18 bits per heavy atom. The van der Waals surface area contributed by atoms with Gasteiger partial charge in [0.05, 0.1) is 5.69 Å². The molecule has 0 atom stereocenters. The number of halogens is 1. The smallest absolute Gasteiger partial charge is 0.0576 e. The van der Waals surface area contributed by atoms with Crippen LogP contribution >= 0.6 is 11.6 Å². The van der Waals surface area contributed by atoms with Gasteiger partial charge < -0.3 is 5.01 Å². The maximum atomic E-state index is 5.83. The highest BCUT2D eigenvalue weighted by molar-refractivity contribution is 6.30. The molecule has 58 valence electrons. The number of fused-ring (bicyclic) bond motifs is 1. The van der Waals surface area contributed by atoms with E-state index in [0.29, 0.717) is 0 Å². The Hall–Kier alpha value is -0.730. The minimum atomic E-state index is 0.791. The van der Waals surface area contributed by atoms with Crippen molar-refractivity contribution in [2.75, 3.05) is 12.1 Å². The average molecular weight is 169 g/mol. The summed E-state index contributed by atoms with van der Waals surface area (Å²) in [7, 11) is 1.99. The number of hydrogen-bond acceptors (Lipinski definition) is 2. The lowest BCUT2D eigenvalue weighted by atomic mass is 10.2. The fraction of sp³-hybridized carbons (Fsp3) is 0.250. The summed E-state index contributed by atoms with van der Waals surface area (Å²) in [5.41, 5.74) is 5.67. The molecule has 0 unspecified atom stereocenters. The summed E-state index contributed by atoms with van der Waals surface area (Å²) in [6, 6.07) is 5.94. The van der Waals surface area contributed by atoms with Crippen LogP contribution in [0.5, 0.6) is 0 Å². The average Bonchev–Trinajstić information content (AvgIpc) is 2.33. The van der Waals surface area contributed by atoms with E-state index in [1.807, 2.05) is 30.3 Å². The van der Waals surface area contributed by atoms with Crippen LogP contribution in [-0.2, 0) is 6.54 Å². The van der Waals surface area contributed by atoms with Gasteiger partial charge in [-0.05, 0) is 17.7 Å². The molecule has 0 bridgehead atoms. The molecule has 0 amide bonds. The normalized spacial score (nSPS) is 15.3. The third kappa shape index (κ3) is 1.08. The van der Waals surface area contributed by atoms with Crippen molar-refractivity contribution in [3.63, 3.8) is 0 Å². The highest BCUT2D eigenvalue weighted by atomic mass is 35.5. The largest absolute Gasteiger partial charge is 0.311 e. The number of anilines is 1. The first-order chi connectivity index (χ1) is 5.27. The van der Waals surface area contributed by atoms with Crippen molar-refractivity contribution < 1.29 is 0 Å². The Balaban J connectivity index is 2.52. The molecule has 0 saturated heterocycles. The lowest BCUT2D eigenvalue weighted by Gasteiger charge is -2.11. The molecule has 0 aromatic heterocycles. The Morgan fingerprint density at radius 1 is 1.55 bits per heavy atom. The Kier molecular flexibility index (Phi) is 1.51. The number of hydrazine groups is 1. The van der Waals surface area contributed by atoms with E-state index in [0.717, 1.165) is 11.6 Å². The maximum absolute atomic E-state index is 5.83. The molecular weight excluding hydrogens is 160 g/mol. The predicted octanol–water partition coefficient (Wildman–Crippen LogP) is 1.79. The summed E-state index contributed by atoms with van der Waals surface area (Å²) in [6.45, 7) is 0.906. The van der Waals surface area contributed by atoms with Crippen LogP contribution in [0.25, 0.3) is 0 Å². The Morgan fingerprint density at radius 2 is 2.36 bits per heavy atom.